The van der Waals surface area contributed by atoms with Crippen LogP contribution in [0.1, 0.15) is 27.4 Å². The number of rotatable bonds is 7. The second-order valence-corrected chi connectivity index (χ2v) is 8.26. The smallest absolute Gasteiger partial charge is 0.296 e. The number of hydrogen-bond donors (Lipinski definition) is 1. The molecule has 0 aromatic carbocycles. The van der Waals surface area contributed by atoms with Crippen molar-refractivity contribution in [3.63, 3.8) is 0 Å². The molecular weight excluding hydrogens is 464 g/mol. The molecule has 4 heterocycles. The highest BCUT2D eigenvalue weighted by atomic mass is 35.5. The van der Waals surface area contributed by atoms with E-state index in [1.165, 1.54) is 0 Å². The van der Waals surface area contributed by atoms with Gasteiger partial charge in [0.2, 0.25) is 5.13 Å². The van der Waals surface area contributed by atoms with Crippen molar-refractivity contribution in [1.29, 1.82) is 0 Å². The molecule has 0 aliphatic heterocycles. The van der Waals surface area contributed by atoms with Gasteiger partial charge in [0.25, 0.3) is 11.1 Å². The summed E-state index contributed by atoms with van der Waals surface area (Å²) in [7, 11) is 1.55. The van der Waals surface area contributed by atoms with Crippen LogP contribution < -0.4 is 14.8 Å². The number of aromatic nitrogens is 5. The lowest BCUT2D eigenvalue weighted by atomic mass is 9.97. The summed E-state index contributed by atoms with van der Waals surface area (Å²) in [6.07, 6.45) is 4.86. The molecule has 0 aliphatic carbocycles. The Bertz CT molecular complexity index is 1280. The van der Waals surface area contributed by atoms with E-state index in [1.54, 1.807) is 44.8 Å². The van der Waals surface area contributed by atoms with Gasteiger partial charge in [-0.1, -0.05) is 16.7 Å². The molecule has 0 saturated carbocycles. The fourth-order valence-corrected chi connectivity index (χ4v) is 3.96. The topological polar surface area (TPSA) is 112 Å². The van der Waals surface area contributed by atoms with Gasteiger partial charge < -0.3 is 9.47 Å². The van der Waals surface area contributed by atoms with E-state index in [9.17, 15) is 4.79 Å². The van der Waals surface area contributed by atoms with E-state index in [1.807, 2.05) is 19.1 Å². The molecular formula is C22H19ClN6O3S. The summed E-state index contributed by atoms with van der Waals surface area (Å²) in [5.41, 5.74) is 3.74. The Balaban J connectivity index is 1.57. The summed E-state index contributed by atoms with van der Waals surface area (Å²) >= 11 is 6.95. The van der Waals surface area contributed by atoms with Crippen LogP contribution in [0.4, 0.5) is 5.13 Å². The Morgan fingerprint density at radius 1 is 1.12 bits per heavy atom. The summed E-state index contributed by atoms with van der Waals surface area (Å²) in [6, 6.07) is 7.11. The maximum atomic E-state index is 13.3. The molecule has 0 atom stereocenters. The number of nitrogens with zero attached hydrogens (tertiary/aromatic N) is 5. The molecule has 0 fully saturated rings. The molecule has 0 spiro atoms. The third kappa shape index (κ3) is 5.07. The van der Waals surface area contributed by atoms with E-state index in [2.05, 4.69) is 30.5 Å². The fourth-order valence-electron chi connectivity index (χ4n) is 3.26. The summed E-state index contributed by atoms with van der Waals surface area (Å²) in [6.45, 7) is 3.81. The van der Waals surface area contributed by atoms with Crippen molar-refractivity contribution in [3.05, 3.63) is 70.5 Å². The Hall–Kier alpha value is -3.63. The average molecular weight is 483 g/mol. The first kappa shape index (κ1) is 22.6. The number of pyridine rings is 3. The lowest BCUT2D eigenvalue weighted by Gasteiger charge is -2.17. The van der Waals surface area contributed by atoms with Crippen molar-refractivity contribution in [3.8, 4) is 22.1 Å². The SMILES string of the molecule is COc1c(C)nc(C)c(C(=O)Nc2nnc(OCc3ccc(Cl)cn3)s2)c1-c1ccncc1. The number of anilines is 1. The molecule has 4 aromatic heterocycles. The Kier molecular flexibility index (Phi) is 6.76. The Morgan fingerprint density at radius 3 is 2.61 bits per heavy atom. The monoisotopic (exact) mass is 482 g/mol. The first-order valence-electron chi connectivity index (χ1n) is 9.80. The number of hydrogen-bond acceptors (Lipinski definition) is 9. The first-order valence-corrected chi connectivity index (χ1v) is 11.0. The third-order valence-corrected chi connectivity index (χ3v) is 5.64. The summed E-state index contributed by atoms with van der Waals surface area (Å²) < 4.78 is 11.2. The van der Waals surface area contributed by atoms with Crippen LogP contribution in [0.2, 0.25) is 5.02 Å². The van der Waals surface area contributed by atoms with Crippen LogP contribution in [0.25, 0.3) is 11.1 Å². The molecule has 0 unspecified atom stereocenters. The zero-order valence-electron chi connectivity index (χ0n) is 18.0. The van der Waals surface area contributed by atoms with Crippen LogP contribution in [0.3, 0.4) is 0 Å². The molecule has 1 N–H and O–H groups in total. The van der Waals surface area contributed by atoms with Crippen LogP contribution in [0, 0.1) is 13.8 Å². The molecule has 0 saturated heterocycles. The van der Waals surface area contributed by atoms with Gasteiger partial charge in [0.15, 0.2) is 0 Å². The quantitative estimate of drug-likeness (QED) is 0.409. The zero-order valence-corrected chi connectivity index (χ0v) is 19.6. The van der Waals surface area contributed by atoms with Crippen molar-refractivity contribution >= 4 is 34.0 Å². The fraction of sp³-hybridized carbons (Fsp3) is 0.182. The van der Waals surface area contributed by atoms with E-state index >= 15 is 0 Å². The number of ether oxygens (including phenoxy) is 2. The van der Waals surface area contributed by atoms with Gasteiger partial charge in [-0.25, -0.2) is 0 Å². The van der Waals surface area contributed by atoms with Gasteiger partial charge in [-0.05, 0) is 55.0 Å². The van der Waals surface area contributed by atoms with Gasteiger partial charge in [0.05, 0.1) is 34.8 Å². The largest absolute Gasteiger partial charge is 0.494 e. The molecule has 4 rings (SSSR count). The van der Waals surface area contributed by atoms with Gasteiger partial charge in [-0.2, -0.15) is 0 Å². The molecule has 0 radical (unpaired) electrons. The number of nitrogens with one attached hydrogen (secondary N) is 1. The van der Waals surface area contributed by atoms with E-state index < -0.39 is 0 Å². The summed E-state index contributed by atoms with van der Waals surface area (Å²) in [4.78, 5) is 26.0. The first-order chi connectivity index (χ1) is 16.0. The van der Waals surface area contributed by atoms with Crippen LogP contribution >= 0.6 is 22.9 Å². The van der Waals surface area contributed by atoms with Crippen molar-refractivity contribution in [2.24, 2.45) is 0 Å². The van der Waals surface area contributed by atoms with Crippen LogP contribution in [0.5, 0.6) is 10.9 Å². The number of carbonyl (C=O) groups excluding carboxylic acids is 1. The lowest BCUT2D eigenvalue weighted by molar-refractivity contribution is 0.102. The molecule has 1 amide bonds. The molecule has 4 aromatic rings. The maximum absolute atomic E-state index is 13.3. The van der Waals surface area contributed by atoms with E-state index in [4.69, 9.17) is 21.1 Å². The number of aryl methyl sites for hydroxylation is 2. The molecule has 9 nitrogen and oxygen atoms in total. The summed E-state index contributed by atoms with van der Waals surface area (Å²) in [5.74, 6) is 0.140. The van der Waals surface area contributed by atoms with Gasteiger partial charge in [-0.15, -0.1) is 5.10 Å². The van der Waals surface area contributed by atoms with Crippen molar-refractivity contribution in [1.82, 2.24) is 25.1 Å². The number of methoxy groups -OCH3 is 1. The van der Waals surface area contributed by atoms with Gasteiger partial charge >= 0.3 is 0 Å². The minimum atomic E-state index is -0.382. The predicted octanol–water partition coefficient (Wildman–Crippen LogP) is 4.50. The van der Waals surface area contributed by atoms with E-state index in [-0.39, 0.29) is 12.5 Å². The zero-order chi connectivity index (χ0) is 23.4. The number of halogens is 1. The highest BCUT2D eigenvalue weighted by Crippen LogP contribution is 2.37. The number of carbonyl (C=O) groups is 1. The minimum absolute atomic E-state index is 0.199. The second kappa shape index (κ2) is 9.88. The highest BCUT2D eigenvalue weighted by molar-refractivity contribution is 7.17. The minimum Gasteiger partial charge on any atom is -0.494 e. The predicted molar refractivity (Wildman–Crippen MR) is 125 cm³/mol. The van der Waals surface area contributed by atoms with Gasteiger partial charge in [0, 0.05) is 24.2 Å². The average Bonchev–Trinajstić information content (AvgIpc) is 3.26. The Labute approximate surface area is 198 Å². The van der Waals surface area contributed by atoms with E-state index in [0.29, 0.717) is 49.3 Å². The van der Waals surface area contributed by atoms with Crippen LogP contribution in [-0.4, -0.2) is 38.2 Å². The summed E-state index contributed by atoms with van der Waals surface area (Å²) in [5, 5.41) is 11.9. The molecule has 11 heteroatoms. The lowest BCUT2D eigenvalue weighted by Crippen LogP contribution is -2.17. The van der Waals surface area contributed by atoms with Crippen molar-refractivity contribution < 1.29 is 14.3 Å². The molecule has 168 valence electrons. The molecule has 0 bridgehead atoms. The van der Waals surface area contributed by atoms with Crippen LogP contribution in [0.15, 0.2) is 42.9 Å². The standard InChI is InChI=1S/C22H19ClN6O3S/c1-12-17(18(14-6-8-24-9-7-14)19(31-3)13(2)26-12)20(30)27-21-28-29-22(33-21)32-11-16-5-4-15(23)10-25-16/h4-10H,11H2,1-3H3,(H,27,28,30). The van der Waals surface area contributed by atoms with Crippen molar-refractivity contribution in [2.75, 3.05) is 12.4 Å². The third-order valence-electron chi connectivity index (χ3n) is 4.66. The molecule has 33 heavy (non-hydrogen) atoms. The van der Waals surface area contributed by atoms with Gasteiger partial charge in [-0.3, -0.25) is 25.1 Å². The van der Waals surface area contributed by atoms with E-state index in [0.717, 1.165) is 16.9 Å². The van der Waals surface area contributed by atoms with Crippen molar-refractivity contribution in [2.45, 2.75) is 20.5 Å². The Morgan fingerprint density at radius 2 is 1.91 bits per heavy atom. The van der Waals surface area contributed by atoms with Crippen LogP contribution in [-0.2, 0) is 6.61 Å². The number of amides is 1. The normalized spacial score (nSPS) is 10.7. The second-order valence-electron chi connectivity index (χ2n) is 6.89. The maximum Gasteiger partial charge on any atom is 0.296 e. The van der Waals surface area contributed by atoms with Gasteiger partial charge in [0.1, 0.15) is 12.4 Å². The highest BCUT2D eigenvalue weighted by Gasteiger charge is 2.24. The molecule has 0 aliphatic rings.